The number of nitrogens with zero attached hydrogens (tertiary/aromatic N) is 1. The van der Waals surface area contributed by atoms with E-state index in [-0.39, 0.29) is 23.0 Å². The lowest BCUT2D eigenvalue weighted by atomic mass is 10.0. The monoisotopic (exact) mass is 188 g/mol. The molecule has 0 spiro atoms. The maximum absolute atomic E-state index is 11.4. The van der Waals surface area contributed by atoms with Crippen molar-refractivity contribution in [1.29, 1.82) is 0 Å². The molecule has 1 rings (SSSR count). The first kappa shape index (κ1) is 9.37. The molecular formula is C6H12N4OS. The zero-order valence-corrected chi connectivity index (χ0v) is 7.81. The molecule has 0 saturated carbocycles. The van der Waals surface area contributed by atoms with Crippen LogP contribution in [0.5, 0.6) is 0 Å². The Kier molecular flexibility index (Phi) is 2.61. The quantitative estimate of drug-likeness (QED) is 0.283. The van der Waals surface area contributed by atoms with Gasteiger partial charge in [-0.3, -0.25) is 10.2 Å². The van der Waals surface area contributed by atoms with Gasteiger partial charge in [0.2, 0.25) is 5.11 Å². The molecular weight excluding hydrogens is 176 g/mol. The Hall–Kier alpha value is -0.720. The van der Waals surface area contributed by atoms with Gasteiger partial charge in [-0.1, -0.05) is 13.8 Å². The number of carbonyl (C=O) groups excluding carboxylic acids is 1. The number of thiocarbonyl (C=S) groups is 1. The van der Waals surface area contributed by atoms with E-state index in [1.165, 1.54) is 0 Å². The molecule has 1 saturated heterocycles. The van der Waals surface area contributed by atoms with E-state index in [2.05, 4.69) is 10.9 Å². The van der Waals surface area contributed by atoms with Gasteiger partial charge in [0.1, 0.15) is 6.04 Å². The molecule has 1 amide bonds. The number of nitrogens with one attached hydrogen (secondary N) is 2. The Labute approximate surface area is 76.2 Å². The van der Waals surface area contributed by atoms with Crippen LogP contribution in [0.3, 0.4) is 0 Å². The third-order valence-electron chi connectivity index (χ3n) is 1.72. The first-order valence-corrected chi connectivity index (χ1v) is 4.09. The maximum Gasteiger partial charge on any atom is 0.262 e. The van der Waals surface area contributed by atoms with Gasteiger partial charge in [0.05, 0.1) is 0 Å². The van der Waals surface area contributed by atoms with Crippen LogP contribution in [-0.4, -0.2) is 22.1 Å². The second-order valence-corrected chi connectivity index (χ2v) is 3.39. The van der Waals surface area contributed by atoms with E-state index >= 15 is 0 Å². The highest BCUT2D eigenvalue weighted by atomic mass is 32.1. The smallest absolute Gasteiger partial charge is 0.262 e. The lowest BCUT2D eigenvalue weighted by molar-refractivity contribution is -0.132. The zero-order valence-electron chi connectivity index (χ0n) is 7.00. The van der Waals surface area contributed by atoms with E-state index in [0.717, 1.165) is 5.01 Å². The van der Waals surface area contributed by atoms with E-state index in [1.807, 2.05) is 13.8 Å². The summed E-state index contributed by atoms with van der Waals surface area (Å²) in [5.74, 6) is 5.37. The van der Waals surface area contributed by atoms with Crippen LogP contribution in [0, 0.1) is 5.92 Å². The fourth-order valence-electron chi connectivity index (χ4n) is 0.963. The number of hydrogen-bond donors (Lipinski definition) is 3. The van der Waals surface area contributed by atoms with Crippen LogP contribution in [0.2, 0.25) is 0 Å². The SMILES string of the molecule is CC(C)C1NNC(=S)N(N)C1=O. The average Bonchev–Trinajstić information content (AvgIpc) is 2.00. The van der Waals surface area contributed by atoms with E-state index in [1.54, 1.807) is 0 Å². The van der Waals surface area contributed by atoms with Crippen molar-refractivity contribution in [3.63, 3.8) is 0 Å². The fraction of sp³-hybridized carbons (Fsp3) is 0.667. The topological polar surface area (TPSA) is 70.4 Å². The second kappa shape index (κ2) is 3.34. The van der Waals surface area contributed by atoms with E-state index < -0.39 is 0 Å². The molecule has 0 aromatic carbocycles. The third kappa shape index (κ3) is 1.55. The lowest BCUT2D eigenvalue weighted by Crippen LogP contribution is -2.67. The average molecular weight is 188 g/mol. The van der Waals surface area contributed by atoms with Crippen LogP contribution >= 0.6 is 12.2 Å². The number of carbonyl (C=O) groups is 1. The lowest BCUT2D eigenvalue weighted by Gasteiger charge is -2.32. The molecule has 0 bridgehead atoms. The number of rotatable bonds is 1. The minimum atomic E-state index is -0.304. The van der Waals surface area contributed by atoms with Gasteiger partial charge in [-0.05, 0) is 18.1 Å². The highest BCUT2D eigenvalue weighted by Crippen LogP contribution is 2.06. The van der Waals surface area contributed by atoms with Gasteiger partial charge in [-0.2, -0.15) is 0 Å². The molecule has 12 heavy (non-hydrogen) atoms. The summed E-state index contributed by atoms with van der Waals surface area (Å²) in [6.07, 6.45) is 0. The summed E-state index contributed by atoms with van der Waals surface area (Å²) in [5.41, 5.74) is 5.44. The summed E-state index contributed by atoms with van der Waals surface area (Å²) in [6, 6.07) is -0.304. The van der Waals surface area contributed by atoms with Crippen molar-refractivity contribution in [2.75, 3.05) is 0 Å². The molecule has 1 unspecified atom stereocenters. The number of hydrogen-bond acceptors (Lipinski definition) is 4. The molecule has 6 heteroatoms. The van der Waals surface area contributed by atoms with Gasteiger partial charge in [-0.15, -0.1) is 0 Å². The van der Waals surface area contributed by atoms with Gasteiger partial charge in [-0.25, -0.2) is 16.3 Å². The van der Waals surface area contributed by atoms with Crippen molar-refractivity contribution < 1.29 is 4.79 Å². The molecule has 5 nitrogen and oxygen atoms in total. The highest BCUT2D eigenvalue weighted by molar-refractivity contribution is 7.80. The van der Waals surface area contributed by atoms with Crippen molar-refractivity contribution in [2.24, 2.45) is 11.8 Å². The summed E-state index contributed by atoms with van der Waals surface area (Å²) >= 11 is 4.75. The summed E-state index contributed by atoms with van der Waals surface area (Å²) in [5, 5.41) is 1.16. The minimum absolute atomic E-state index is 0.180. The van der Waals surface area contributed by atoms with Crippen molar-refractivity contribution in [1.82, 2.24) is 15.9 Å². The van der Waals surface area contributed by atoms with Crippen molar-refractivity contribution in [3.05, 3.63) is 0 Å². The Balaban J connectivity index is 2.72. The molecule has 1 aliphatic heterocycles. The van der Waals surface area contributed by atoms with Gasteiger partial charge < -0.3 is 0 Å². The third-order valence-corrected chi connectivity index (χ3v) is 2.02. The van der Waals surface area contributed by atoms with E-state index in [4.69, 9.17) is 18.1 Å². The Morgan fingerprint density at radius 3 is 2.75 bits per heavy atom. The largest absolute Gasteiger partial charge is 0.296 e. The molecule has 1 aliphatic rings. The van der Waals surface area contributed by atoms with E-state index in [0.29, 0.717) is 0 Å². The van der Waals surface area contributed by atoms with Crippen LogP contribution in [0.25, 0.3) is 0 Å². The summed E-state index contributed by atoms with van der Waals surface area (Å²) in [4.78, 5) is 11.4. The molecule has 0 aromatic rings. The van der Waals surface area contributed by atoms with Crippen molar-refractivity contribution in [3.8, 4) is 0 Å². The van der Waals surface area contributed by atoms with Crippen LogP contribution < -0.4 is 16.7 Å². The minimum Gasteiger partial charge on any atom is -0.296 e. The van der Waals surface area contributed by atoms with Crippen LogP contribution in [0.15, 0.2) is 0 Å². The number of amides is 1. The molecule has 0 aliphatic carbocycles. The van der Waals surface area contributed by atoms with E-state index in [9.17, 15) is 4.79 Å². The van der Waals surface area contributed by atoms with Crippen LogP contribution in [0.1, 0.15) is 13.8 Å². The number of nitrogens with two attached hydrogens (primary N) is 1. The Morgan fingerprint density at radius 1 is 1.67 bits per heavy atom. The van der Waals surface area contributed by atoms with Crippen LogP contribution in [-0.2, 0) is 4.79 Å². The predicted molar refractivity (Wildman–Crippen MR) is 48.5 cm³/mol. The van der Waals surface area contributed by atoms with Crippen LogP contribution in [0.4, 0.5) is 0 Å². The first-order chi connectivity index (χ1) is 5.54. The predicted octanol–water partition coefficient (Wildman–Crippen LogP) is -0.894. The summed E-state index contributed by atoms with van der Waals surface area (Å²) in [6.45, 7) is 3.86. The normalized spacial score (nSPS) is 24.7. The van der Waals surface area contributed by atoms with Crippen molar-refractivity contribution in [2.45, 2.75) is 19.9 Å². The standard InChI is InChI=1S/C6H12N4OS/c1-3(2)4-5(11)10(7)6(12)9-8-4/h3-4,8H,7H2,1-2H3,(H,9,12). The zero-order chi connectivity index (χ0) is 9.30. The molecule has 1 atom stereocenters. The molecule has 4 N–H and O–H groups in total. The molecule has 1 heterocycles. The van der Waals surface area contributed by atoms with Gasteiger partial charge >= 0.3 is 0 Å². The fourth-order valence-corrected chi connectivity index (χ4v) is 1.11. The van der Waals surface area contributed by atoms with Gasteiger partial charge in [0.15, 0.2) is 0 Å². The first-order valence-electron chi connectivity index (χ1n) is 3.68. The second-order valence-electron chi connectivity index (χ2n) is 3.00. The van der Waals surface area contributed by atoms with Gasteiger partial charge in [0.25, 0.3) is 5.91 Å². The Bertz CT molecular complexity index is 218. The molecule has 68 valence electrons. The Morgan fingerprint density at radius 2 is 2.25 bits per heavy atom. The molecule has 0 aromatic heterocycles. The van der Waals surface area contributed by atoms with Crippen molar-refractivity contribution >= 4 is 23.2 Å². The maximum atomic E-state index is 11.4. The van der Waals surface area contributed by atoms with Gasteiger partial charge in [0, 0.05) is 0 Å². The summed E-state index contributed by atoms with van der Waals surface area (Å²) < 4.78 is 0. The summed E-state index contributed by atoms with van der Waals surface area (Å²) in [7, 11) is 0. The molecule has 1 fully saturated rings. The highest BCUT2D eigenvalue weighted by Gasteiger charge is 2.31. The molecule has 0 radical (unpaired) electrons. The number of hydrazine groups is 2.